The average molecular weight is 747 g/mol. The van der Waals surface area contributed by atoms with Crippen LogP contribution in [0.5, 0.6) is 0 Å². The van der Waals surface area contributed by atoms with Gasteiger partial charge in [-0.1, -0.05) is 147 Å². The largest absolute Gasteiger partial charge is 0.310 e. The van der Waals surface area contributed by atoms with E-state index < -0.39 is 0 Å². The quantitative estimate of drug-likeness (QED) is 0.160. The molecule has 2 nitrogen and oxygen atoms in total. The Labute approximate surface area is 342 Å². The van der Waals surface area contributed by atoms with E-state index in [0.717, 1.165) is 25.7 Å². The highest BCUT2D eigenvalue weighted by atomic mass is 15.2. The van der Waals surface area contributed by atoms with Crippen LogP contribution in [-0.2, 0) is 23.7 Å². The van der Waals surface area contributed by atoms with Crippen LogP contribution in [0.15, 0.2) is 194 Å². The first-order chi connectivity index (χ1) is 28.5. The summed E-state index contributed by atoms with van der Waals surface area (Å²) in [4.78, 5) is 5.08. The molecule has 0 fully saturated rings. The lowest BCUT2D eigenvalue weighted by molar-refractivity contribution is 0.508. The maximum atomic E-state index is 2.58. The van der Waals surface area contributed by atoms with Gasteiger partial charge in [-0.15, -0.1) is 0 Å². The molecule has 0 aromatic heterocycles. The van der Waals surface area contributed by atoms with Crippen molar-refractivity contribution >= 4 is 34.1 Å². The van der Waals surface area contributed by atoms with Gasteiger partial charge < -0.3 is 9.80 Å². The number of rotatable bonds is 7. The lowest BCUT2D eigenvalue weighted by Gasteiger charge is -2.37. The second kappa shape index (κ2) is 13.5. The van der Waals surface area contributed by atoms with Crippen molar-refractivity contribution in [1.82, 2.24) is 0 Å². The number of hydrogen-bond donors (Lipinski definition) is 0. The Morgan fingerprint density at radius 2 is 0.862 bits per heavy atom. The highest BCUT2D eigenvalue weighted by molar-refractivity contribution is 5.90. The molecule has 3 aliphatic rings. The lowest BCUT2D eigenvalue weighted by atomic mass is 9.74. The van der Waals surface area contributed by atoms with Crippen molar-refractivity contribution in [3.05, 3.63) is 228 Å². The maximum Gasteiger partial charge on any atom is 0.0505 e. The average Bonchev–Trinajstić information content (AvgIpc) is 3.93. The zero-order chi connectivity index (χ0) is 38.8. The first kappa shape index (κ1) is 34.6. The topological polar surface area (TPSA) is 6.48 Å². The Balaban J connectivity index is 1.15. The minimum atomic E-state index is -0.153. The van der Waals surface area contributed by atoms with Crippen LogP contribution in [-0.4, -0.2) is 0 Å². The van der Waals surface area contributed by atoms with Crippen LogP contribution in [0.1, 0.15) is 60.1 Å². The monoisotopic (exact) mass is 746 g/mol. The van der Waals surface area contributed by atoms with Gasteiger partial charge in [0.05, 0.1) is 11.4 Å². The smallest absolute Gasteiger partial charge is 0.0505 e. The SMILES string of the molecule is CC1(C)c2ccccc2-c2cc(N(c3cccc(-c4ccccc4)c3)c3cccc4c3[C@]3(CCc5cccc(N(c6ccccc6)c6ccccc6)c53)CC4)ccc21. The number of nitrogens with zero attached hydrogens (tertiary/aromatic N) is 2. The minimum absolute atomic E-state index is 0.0616. The molecular weight excluding hydrogens is 701 g/mol. The predicted molar refractivity (Wildman–Crippen MR) is 243 cm³/mol. The fraction of sp³-hybridized carbons (Fsp3) is 0.143. The van der Waals surface area contributed by atoms with Crippen LogP contribution >= 0.6 is 0 Å². The summed E-state index contributed by atoms with van der Waals surface area (Å²) in [6.45, 7) is 4.74. The van der Waals surface area contributed by atoms with Crippen molar-refractivity contribution in [3.63, 3.8) is 0 Å². The van der Waals surface area contributed by atoms with Gasteiger partial charge in [0, 0.05) is 33.6 Å². The third-order valence-electron chi connectivity index (χ3n) is 13.4. The van der Waals surface area contributed by atoms with Gasteiger partial charge in [-0.3, -0.25) is 0 Å². The second-order valence-electron chi connectivity index (χ2n) is 16.9. The third kappa shape index (κ3) is 5.32. The third-order valence-corrected chi connectivity index (χ3v) is 13.4. The molecule has 3 aliphatic carbocycles. The maximum absolute atomic E-state index is 2.58. The first-order valence-electron chi connectivity index (χ1n) is 20.9. The molecule has 0 bridgehead atoms. The molecule has 58 heavy (non-hydrogen) atoms. The van der Waals surface area contributed by atoms with Gasteiger partial charge in [0.25, 0.3) is 0 Å². The molecule has 0 heterocycles. The van der Waals surface area contributed by atoms with E-state index in [4.69, 9.17) is 0 Å². The summed E-state index contributed by atoms with van der Waals surface area (Å²) in [5, 5.41) is 0. The number of benzene rings is 8. The van der Waals surface area contributed by atoms with Gasteiger partial charge in [-0.05, 0) is 142 Å². The van der Waals surface area contributed by atoms with E-state index in [9.17, 15) is 0 Å². The van der Waals surface area contributed by atoms with E-state index in [1.54, 1.807) is 0 Å². The fourth-order valence-electron chi connectivity index (χ4n) is 10.8. The molecule has 0 amide bonds. The molecule has 0 radical (unpaired) electrons. The van der Waals surface area contributed by atoms with Crippen LogP contribution in [0.3, 0.4) is 0 Å². The van der Waals surface area contributed by atoms with Crippen LogP contribution in [0.25, 0.3) is 22.3 Å². The van der Waals surface area contributed by atoms with E-state index in [2.05, 4.69) is 218 Å². The summed E-state index contributed by atoms with van der Waals surface area (Å²) in [6, 6.07) is 72.2. The normalized spacial score (nSPS) is 16.7. The summed E-state index contributed by atoms with van der Waals surface area (Å²) in [5.41, 5.74) is 20.8. The predicted octanol–water partition coefficient (Wildman–Crippen LogP) is 14.8. The van der Waals surface area contributed by atoms with E-state index in [0.29, 0.717) is 0 Å². The molecule has 1 spiro atoms. The van der Waals surface area contributed by atoms with E-state index >= 15 is 0 Å². The minimum Gasteiger partial charge on any atom is -0.310 e. The van der Waals surface area contributed by atoms with Gasteiger partial charge in [0.15, 0.2) is 0 Å². The van der Waals surface area contributed by atoms with Gasteiger partial charge in [-0.25, -0.2) is 0 Å². The van der Waals surface area contributed by atoms with Crippen molar-refractivity contribution < 1.29 is 0 Å². The van der Waals surface area contributed by atoms with Crippen LogP contribution in [0, 0.1) is 0 Å². The molecule has 2 heteroatoms. The number of para-hydroxylation sites is 2. The van der Waals surface area contributed by atoms with Gasteiger partial charge >= 0.3 is 0 Å². The molecule has 1 atom stereocenters. The van der Waals surface area contributed by atoms with Crippen LogP contribution in [0.4, 0.5) is 34.1 Å². The van der Waals surface area contributed by atoms with Crippen molar-refractivity contribution in [3.8, 4) is 22.3 Å². The summed E-state index contributed by atoms with van der Waals surface area (Å²) >= 11 is 0. The molecule has 0 aliphatic heterocycles. The van der Waals surface area contributed by atoms with Crippen LogP contribution in [0.2, 0.25) is 0 Å². The van der Waals surface area contributed by atoms with Crippen molar-refractivity contribution in [2.75, 3.05) is 9.80 Å². The first-order valence-corrected chi connectivity index (χ1v) is 20.9. The number of anilines is 6. The van der Waals surface area contributed by atoms with E-state index in [1.807, 2.05) is 0 Å². The molecule has 8 aromatic carbocycles. The van der Waals surface area contributed by atoms with Gasteiger partial charge in [0.2, 0.25) is 0 Å². The summed E-state index contributed by atoms with van der Waals surface area (Å²) in [6.07, 6.45) is 4.29. The zero-order valence-corrected chi connectivity index (χ0v) is 33.2. The Morgan fingerprint density at radius 3 is 1.50 bits per heavy atom. The molecule has 0 N–H and O–H groups in total. The Morgan fingerprint density at radius 1 is 0.379 bits per heavy atom. The van der Waals surface area contributed by atoms with Gasteiger partial charge in [0.1, 0.15) is 0 Å². The van der Waals surface area contributed by atoms with Crippen LogP contribution < -0.4 is 9.80 Å². The standard InChI is InChI=1S/C56H46N2/c1-55(2)49-28-13-12-27-47(49)48-38-46(31-32-50(48)55)58(45-26-14-21-42(37-45)39-17-6-3-7-18-39)52-30-16-20-41-34-36-56(54(41)52)35-33-40-19-15-29-51(53(40)56)57(43-22-8-4-9-23-43)44-24-10-5-11-25-44/h3-32,37-38H,33-36H2,1-2H3/t56-/m1/s1. The summed E-state index contributed by atoms with van der Waals surface area (Å²) < 4.78 is 0. The van der Waals surface area contributed by atoms with Crippen molar-refractivity contribution in [2.24, 2.45) is 0 Å². The Bertz CT molecular complexity index is 2780. The molecule has 0 saturated carbocycles. The molecule has 11 rings (SSSR count). The molecule has 0 saturated heterocycles. The summed E-state index contributed by atoms with van der Waals surface area (Å²) in [7, 11) is 0. The molecule has 0 unspecified atom stereocenters. The number of hydrogen-bond acceptors (Lipinski definition) is 2. The van der Waals surface area contributed by atoms with E-state index in [1.165, 1.54) is 89.8 Å². The lowest BCUT2D eigenvalue weighted by Crippen LogP contribution is -2.27. The summed E-state index contributed by atoms with van der Waals surface area (Å²) in [5.74, 6) is 0. The Kier molecular flexibility index (Phi) is 8.05. The molecule has 8 aromatic rings. The number of aryl methyl sites for hydroxylation is 2. The highest BCUT2D eigenvalue weighted by Crippen LogP contribution is 2.60. The fourth-order valence-corrected chi connectivity index (χ4v) is 10.8. The molecular formula is C56H46N2. The van der Waals surface area contributed by atoms with Gasteiger partial charge in [-0.2, -0.15) is 0 Å². The second-order valence-corrected chi connectivity index (χ2v) is 16.9. The van der Waals surface area contributed by atoms with E-state index in [-0.39, 0.29) is 10.8 Å². The van der Waals surface area contributed by atoms with Crippen molar-refractivity contribution in [2.45, 2.75) is 50.4 Å². The number of fused-ring (bicyclic) bond motifs is 7. The highest BCUT2D eigenvalue weighted by Gasteiger charge is 2.49. The Hall–Kier alpha value is -6.64. The zero-order valence-electron chi connectivity index (χ0n) is 33.2. The molecule has 280 valence electrons. The van der Waals surface area contributed by atoms with Crippen molar-refractivity contribution in [1.29, 1.82) is 0 Å².